The first-order chi connectivity index (χ1) is 12.2. The van der Waals surface area contributed by atoms with Gasteiger partial charge < -0.3 is 5.32 Å². The first-order valence-corrected chi connectivity index (χ1v) is 9.33. The van der Waals surface area contributed by atoms with E-state index < -0.39 is 6.03 Å². The van der Waals surface area contributed by atoms with Crippen LogP contribution >= 0.6 is 0 Å². The predicted molar refractivity (Wildman–Crippen MR) is 104 cm³/mol. The van der Waals surface area contributed by atoms with Crippen LogP contribution in [0.4, 0.5) is 4.79 Å². The average molecular weight is 361 g/mol. The van der Waals surface area contributed by atoms with Crippen molar-refractivity contribution in [2.45, 2.75) is 58.8 Å². The number of nitrogens with one attached hydrogen (secondary N) is 2. The normalized spacial score (nSPS) is 19.2. The van der Waals surface area contributed by atoms with Crippen molar-refractivity contribution in [3.8, 4) is 0 Å². The van der Waals surface area contributed by atoms with Gasteiger partial charge in [0, 0.05) is 37.8 Å². The van der Waals surface area contributed by atoms with Crippen molar-refractivity contribution >= 4 is 11.9 Å². The number of urea groups is 1. The highest BCUT2D eigenvalue weighted by Gasteiger charge is 2.37. The zero-order valence-corrected chi connectivity index (χ0v) is 16.6. The molecule has 1 aliphatic rings. The van der Waals surface area contributed by atoms with Crippen LogP contribution in [-0.4, -0.2) is 59.0 Å². The lowest BCUT2D eigenvalue weighted by atomic mass is 9.96. The van der Waals surface area contributed by atoms with E-state index in [4.69, 9.17) is 0 Å². The molecule has 1 fully saturated rings. The van der Waals surface area contributed by atoms with Gasteiger partial charge in [-0.3, -0.25) is 19.9 Å². The third kappa shape index (κ3) is 5.54. The summed E-state index contributed by atoms with van der Waals surface area (Å²) in [5.41, 5.74) is 1.24. The Morgan fingerprint density at radius 1 is 1.12 bits per heavy atom. The number of carbonyl (C=O) groups excluding carboxylic acids is 2. The van der Waals surface area contributed by atoms with Crippen LogP contribution < -0.4 is 10.6 Å². The van der Waals surface area contributed by atoms with Gasteiger partial charge in [0.25, 0.3) is 0 Å². The molecule has 1 aliphatic heterocycles. The molecule has 1 heterocycles. The van der Waals surface area contributed by atoms with Crippen LogP contribution in [0.15, 0.2) is 30.3 Å². The van der Waals surface area contributed by atoms with E-state index in [0.29, 0.717) is 0 Å². The van der Waals surface area contributed by atoms with Crippen LogP contribution in [-0.2, 0) is 11.3 Å². The molecule has 0 saturated carbocycles. The third-order valence-corrected chi connectivity index (χ3v) is 4.90. The smallest absolute Gasteiger partial charge is 0.321 e. The number of carbonyl (C=O) groups is 2. The molecule has 0 spiro atoms. The van der Waals surface area contributed by atoms with Gasteiger partial charge in [-0.15, -0.1) is 0 Å². The molecule has 1 saturated heterocycles. The molecule has 1 aromatic carbocycles. The minimum Gasteiger partial charge on any atom is -0.336 e. The van der Waals surface area contributed by atoms with E-state index in [0.717, 1.165) is 26.2 Å². The molecular formula is C20H32N4O2. The summed E-state index contributed by atoms with van der Waals surface area (Å²) in [6.45, 7) is 13.4. The Morgan fingerprint density at radius 2 is 1.77 bits per heavy atom. The van der Waals surface area contributed by atoms with Gasteiger partial charge in [-0.1, -0.05) is 30.3 Å². The minimum absolute atomic E-state index is 0.00132. The molecule has 0 radical (unpaired) electrons. The summed E-state index contributed by atoms with van der Waals surface area (Å²) in [5, 5.41) is 5.13. The fourth-order valence-corrected chi connectivity index (χ4v) is 3.34. The zero-order chi connectivity index (χ0) is 19.3. The van der Waals surface area contributed by atoms with Crippen LogP contribution in [0.2, 0.25) is 0 Å². The Morgan fingerprint density at radius 3 is 2.35 bits per heavy atom. The third-order valence-electron chi connectivity index (χ3n) is 4.90. The second-order valence-corrected chi connectivity index (χ2v) is 7.98. The minimum atomic E-state index is -0.432. The Kier molecular flexibility index (Phi) is 6.78. The molecule has 3 amide bonds. The number of amides is 3. The van der Waals surface area contributed by atoms with Gasteiger partial charge in [0.2, 0.25) is 5.91 Å². The molecular weight excluding hydrogens is 328 g/mol. The molecule has 6 heteroatoms. The first kappa shape index (κ1) is 20.4. The van der Waals surface area contributed by atoms with Crippen LogP contribution in [0.3, 0.4) is 0 Å². The summed E-state index contributed by atoms with van der Waals surface area (Å²) in [6.07, 6.45) is 0. The lowest BCUT2D eigenvalue weighted by Crippen LogP contribution is -2.62. The maximum absolute atomic E-state index is 12.4. The maximum Gasteiger partial charge on any atom is 0.321 e. The number of piperazine rings is 1. The lowest BCUT2D eigenvalue weighted by molar-refractivity contribution is -0.126. The van der Waals surface area contributed by atoms with E-state index in [2.05, 4.69) is 58.5 Å². The number of nitrogens with zero attached hydrogens (tertiary/aromatic N) is 2. The summed E-state index contributed by atoms with van der Waals surface area (Å²) in [7, 11) is 0. The summed E-state index contributed by atoms with van der Waals surface area (Å²) >= 11 is 0. The fourth-order valence-electron chi connectivity index (χ4n) is 3.34. The number of benzene rings is 1. The van der Waals surface area contributed by atoms with Crippen molar-refractivity contribution < 1.29 is 9.59 Å². The molecule has 1 atom stereocenters. The quantitative estimate of drug-likeness (QED) is 0.845. The van der Waals surface area contributed by atoms with E-state index >= 15 is 0 Å². The zero-order valence-electron chi connectivity index (χ0n) is 16.6. The van der Waals surface area contributed by atoms with Gasteiger partial charge in [0.1, 0.15) is 0 Å². The van der Waals surface area contributed by atoms with Crippen molar-refractivity contribution in [3.63, 3.8) is 0 Å². The Labute approximate surface area is 156 Å². The van der Waals surface area contributed by atoms with E-state index in [-0.39, 0.29) is 23.5 Å². The first-order valence-electron chi connectivity index (χ1n) is 9.33. The van der Waals surface area contributed by atoms with Crippen LogP contribution in [0.25, 0.3) is 0 Å². The second-order valence-electron chi connectivity index (χ2n) is 7.98. The van der Waals surface area contributed by atoms with Gasteiger partial charge in [-0.05, 0) is 40.2 Å². The number of hydrogen-bond acceptors (Lipinski definition) is 4. The summed E-state index contributed by atoms with van der Waals surface area (Å²) in [6, 6.07) is 9.67. The van der Waals surface area contributed by atoms with E-state index in [1.54, 1.807) is 0 Å². The largest absolute Gasteiger partial charge is 0.336 e. The van der Waals surface area contributed by atoms with Gasteiger partial charge in [-0.2, -0.15) is 0 Å². The van der Waals surface area contributed by atoms with Crippen LogP contribution in [0.5, 0.6) is 0 Å². The number of rotatable bonds is 5. The van der Waals surface area contributed by atoms with Gasteiger partial charge in [-0.25, -0.2) is 4.79 Å². The highest BCUT2D eigenvalue weighted by atomic mass is 16.2. The molecule has 2 N–H and O–H groups in total. The molecule has 1 aromatic rings. The molecule has 6 nitrogen and oxygen atoms in total. The Balaban J connectivity index is 1.93. The fraction of sp³-hybridized carbons (Fsp3) is 0.600. The topological polar surface area (TPSA) is 64.7 Å². The van der Waals surface area contributed by atoms with Crippen LogP contribution in [0, 0.1) is 0 Å². The molecule has 2 rings (SSSR count). The Hall–Kier alpha value is -1.92. The van der Waals surface area contributed by atoms with E-state index in [9.17, 15) is 9.59 Å². The predicted octanol–water partition coefficient (Wildman–Crippen LogP) is 2.21. The maximum atomic E-state index is 12.4. The van der Waals surface area contributed by atoms with Crippen LogP contribution in [0.1, 0.15) is 40.2 Å². The summed E-state index contributed by atoms with van der Waals surface area (Å²) in [4.78, 5) is 28.8. The molecule has 0 aliphatic carbocycles. The van der Waals surface area contributed by atoms with Crippen molar-refractivity contribution in [2.24, 2.45) is 0 Å². The summed E-state index contributed by atoms with van der Waals surface area (Å²) < 4.78 is 0. The molecule has 0 bridgehead atoms. The number of hydrogen-bond donors (Lipinski definition) is 2. The van der Waals surface area contributed by atoms with Gasteiger partial charge >= 0.3 is 6.03 Å². The monoisotopic (exact) mass is 360 g/mol. The van der Waals surface area contributed by atoms with Gasteiger partial charge in [0.05, 0.1) is 6.04 Å². The van der Waals surface area contributed by atoms with E-state index in [1.807, 2.05) is 26.8 Å². The summed E-state index contributed by atoms with van der Waals surface area (Å²) in [5.74, 6) is -0.254. The molecule has 26 heavy (non-hydrogen) atoms. The Bertz CT molecular complexity index is 615. The SMILES string of the molecule is CC(C)NC(=O)NC(=O)C(C)N1CCN(Cc2ccccc2)C(C)(C)C1. The molecule has 144 valence electrons. The lowest BCUT2D eigenvalue weighted by Gasteiger charge is -2.48. The van der Waals surface area contributed by atoms with Crippen molar-refractivity contribution in [2.75, 3.05) is 19.6 Å². The standard InChI is InChI=1S/C20H32N4O2/c1-15(2)21-19(26)22-18(25)16(3)23-11-12-24(20(4,5)14-23)13-17-9-7-6-8-10-17/h6-10,15-16H,11-14H2,1-5H3,(H2,21,22,25,26). The highest BCUT2D eigenvalue weighted by Crippen LogP contribution is 2.24. The van der Waals surface area contributed by atoms with Crippen molar-refractivity contribution in [3.05, 3.63) is 35.9 Å². The molecule has 1 unspecified atom stereocenters. The molecule has 0 aromatic heterocycles. The average Bonchev–Trinajstić information content (AvgIpc) is 2.55. The van der Waals surface area contributed by atoms with Crippen molar-refractivity contribution in [1.29, 1.82) is 0 Å². The van der Waals surface area contributed by atoms with E-state index in [1.165, 1.54) is 5.56 Å². The second kappa shape index (κ2) is 8.64. The van der Waals surface area contributed by atoms with Gasteiger partial charge in [0.15, 0.2) is 0 Å². The highest BCUT2D eigenvalue weighted by molar-refractivity contribution is 5.96. The van der Waals surface area contributed by atoms with Crippen molar-refractivity contribution in [1.82, 2.24) is 20.4 Å². The number of imide groups is 1.